The van der Waals surface area contributed by atoms with E-state index in [1.165, 1.54) is 35.7 Å². The third-order valence-electron chi connectivity index (χ3n) is 3.89. The van der Waals surface area contributed by atoms with Crippen LogP contribution in [0.5, 0.6) is 0 Å². The van der Waals surface area contributed by atoms with E-state index in [1.54, 1.807) is 0 Å². The summed E-state index contributed by atoms with van der Waals surface area (Å²) in [7, 11) is 2.17. The number of nitrogens with zero attached hydrogens (tertiary/aromatic N) is 3. The lowest BCUT2D eigenvalue weighted by atomic mass is 10.1. The van der Waals surface area contributed by atoms with Crippen LogP contribution in [0.3, 0.4) is 0 Å². The van der Waals surface area contributed by atoms with Gasteiger partial charge >= 0.3 is 0 Å². The number of likely N-dealkylation sites (N-methyl/N-ethyl adjacent to an activating group) is 1. The van der Waals surface area contributed by atoms with Crippen LogP contribution in [0.4, 0.5) is 5.82 Å². The van der Waals surface area contributed by atoms with Crippen LogP contribution in [0.2, 0.25) is 0 Å². The summed E-state index contributed by atoms with van der Waals surface area (Å²) in [5.41, 5.74) is 1.25. The molecule has 4 heteroatoms. The molecule has 4 nitrogen and oxygen atoms in total. The topological polar surface area (TPSA) is 41.0 Å². The molecule has 1 fully saturated rings. The number of piperidine rings is 1. The van der Waals surface area contributed by atoms with Crippen molar-refractivity contribution >= 4 is 16.6 Å². The minimum Gasteiger partial charge on any atom is -0.364 e. The highest BCUT2D eigenvalue weighted by Gasteiger charge is 2.18. The predicted octanol–water partition coefficient (Wildman–Crippen LogP) is 2.44. The van der Waals surface area contributed by atoms with Crippen molar-refractivity contribution in [3.63, 3.8) is 0 Å². The van der Waals surface area contributed by atoms with Crippen LogP contribution in [0.25, 0.3) is 10.8 Å². The molecule has 2 aromatic rings. The molecule has 1 N–H and O–H groups in total. The Morgan fingerprint density at radius 1 is 1.32 bits per heavy atom. The van der Waals surface area contributed by atoms with E-state index < -0.39 is 0 Å². The molecule has 19 heavy (non-hydrogen) atoms. The van der Waals surface area contributed by atoms with Gasteiger partial charge in [-0.3, -0.25) is 0 Å². The molecule has 0 aliphatic carbocycles. The molecule has 0 saturated carbocycles. The van der Waals surface area contributed by atoms with Crippen molar-refractivity contribution in [3.8, 4) is 0 Å². The Morgan fingerprint density at radius 2 is 2.21 bits per heavy atom. The predicted molar refractivity (Wildman–Crippen MR) is 78.4 cm³/mol. The van der Waals surface area contributed by atoms with Gasteiger partial charge < -0.3 is 10.2 Å². The zero-order valence-corrected chi connectivity index (χ0v) is 11.6. The summed E-state index contributed by atoms with van der Waals surface area (Å²) in [5.74, 6) is 0.918. The van der Waals surface area contributed by atoms with Crippen LogP contribution in [-0.2, 0) is 0 Å². The molecule has 1 aromatic carbocycles. The average Bonchev–Trinajstić information content (AvgIpc) is 2.40. The van der Waals surface area contributed by atoms with Crippen LogP contribution in [0.15, 0.2) is 24.4 Å². The number of hydrogen-bond acceptors (Lipinski definition) is 4. The van der Waals surface area contributed by atoms with Gasteiger partial charge in [0.1, 0.15) is 0 Å². The Morgan fingerprint density at radius 3 is 3.05 bits per heavy atom. The van der Waals surface area contributed by atoms with Crippen molar-refractivity contribution in [1.82, 2.24) is 15.1 Å². The first kappa shape index (κ1) is 12.4. The number of aryl methyl sites for hydroxylation is 1. The molecule has 1 aromatic heterocycles. The van der Waals surface area contributed by atoms with Crippen LogP contribution >= 0.6 is 0 Å². The molecule has 1 aliphatic rings. The number of rotatable bonds is 2. The van der Waals surface area contributed by atoms with Crippen molar-refractivity contribution in [2.24, 2.45) is 0 Å². The number of anilines is 1. The van der Waals surface area contributed by atoms with E-state index in [1.807, 2.05) is 6.20 Å². The molecular weight excluding hydrogens is 236 g/mol. The third kappa shape index (κ3) is 2.54. The summed E-state index contributed by atoms with van der Waals surface area (Å²) in [6.07, 6.45) is 4.29. The molecule has 1 aliphatic heterocycles. The second kappa shape index (κ2) is 5.13. The number of nitrogens with one attached hydrogen (secondary N) is 1. The highest BCUT2D eigenvalue weighted by atomic mass is 15.2. The van der Waals surface area contributed by atoms with E-state index in [9.17, 15) is 0 Å². The number of fused-ring (bicyclic) bond motifs is 1. The monoisotopic (exact) mass is 256 g/mol. The summed E-state index contributed by atoms with van der Waals surface area (Å²) in [6.45, 7) is 4.38. The summed E-state index contributed by atoms with van der Waals surface area (Å²) >= 11 is 0. The molecule has 0 bridgehead atoms. The van der Waals surface area contributed by atoms with Crippen LogP contribution < -0.4 is 5.32 Å². The van der Waals surface area contributed by atoms with Crippen LogP contribution in [-0.4, -0.2) is 41.3 Å². The van der Waals surface area contributed by atoms with Gasteiger partial charge in [0.15, 0.2) is 5.82 Å². The van der Waals surface area contributed by atoms with E-state index in [2.05, 4.69) is 52.6 Å². The Kier molecular flexibility index (Phi) is 3.34. The lowest BCUT2D eigenvalue weighted by Crippen LogP contribution is -2.40. The van der Waals surface area contributed by atoms with Gasteiger partial charge in [0.2, 0.25) is 0 Å². The Labute approximate surface area is 113 Å². The second-order valence-electron chi connectivity index (χ2n) is 5.48. The van der Waals surface area contributed by atoms with E-state index >= 15 is 0 Å². The van der Waals surface area contributed by atoms with Crippen LogP contribution in [0.1, 0.15) is 18.4 Å². The molecule has 3 rings (SSSR count). The molecule has 0 amide bonds. The van der Waals surface area contributed by atoms with E-state index in [0.29, 0.717) is 6.04 Å². The standard InChI is InChI=1S/C15H20N4/c1-11-5-3-7-13-14(11)9-16-18-15(13)17-12-6-4-8-19(2)10-12/h3,5,7,9,12H,4,6,8,10H2,1-2H3,(H,17,18). The van der Waals surface area contributed by atoms with Gasteiger partial charge in [-0.1, -0.05) is 18.2 Å². The number of benzene rings is 1. The summed E-state index contributed by atoms with van der Waals surface area (Å²) < 4.78 is 0. The SMILES string of the molecule is Cc1cccc2c(NC3CCCN(C)C3)nncc12. The van der Waals surface area contributed by atoms with Gasteiger partial charge in [-0.15, -0.1) is 5.10 Å². The molecule has 2 heterocycles. The zero-order valence-electron chi connectivity index (χ0n) is 11.6. The van der Waals surface area contributed by atoms with Crippen molar-refractivity contribution in [2.75, 3.05) is 25.5 Å². The maximum Gasteiger partial charge on any atom is 0.156 e. The van der Waals surface area contributed by atoms with Crippen molar-refractivity contribution in [3.05, 3.63) is 30.0 Å². The van der Waals surface area contributed by atoms with Gasteiger partial charge in [0.25, 0.3) is 0 Å². The number of aromatic nitrogens is 2. The summed E-state index contributed by atoms with van der Waals surface area (Å²) in [6, 6.07) is 6.78. The van der Waals surface area contributed by atoms with Gasteiger partial charge in [-0.25, -0.2) is 0 Å². The quantitative estimate of drug-likeness (QED) is 0.896. The van der Waals surface area contributed by atoms with Gasteiger partial charge in [0.05, 0.1) is 6.20 Å². The Bertz CT molecular complexity index is 581. The van der Waals surface area contributed by atoms with Crippen LogP contribution in [0, 0.1) is 6.92 Å². The lowest BCUT2D eigenvalue weighted by molar-refractivity contribution is 0.261. The zero-order chi connectivity index (χ0) is 13.2. The summed E-state index contributed by atoms with van der Waals surface area (Å²) in [5, 5.41) is 14.3. The smallest absolute Gasteiger partial charge is 0.156 e. The first-order chi connectivity index (χ1) is 9.24. The van der Waals surface area contributed by atoms with Crippen molar-refractivity contribution < 1.29 is 0 Å². The lowest BCUT2D eigenvalue weighted by Gasteiger charge is -2.30. The fourth-order valence-electron chi connectivity index (χ4n) is 2.84. The minimum atomic E-state index is 0.471. The minimum absolute atomic E-state index is 0.471. The molecule has 1 unspecified atom stereocenters. The number of likely N-dealkylation sites (tertiary alicyclic amines) is 1. The normalized spacial score (nSPS) is 20.6. The molecule has 1 saturated heterocycles. The van der Waals surface area contributed by atoms with E-state index in [4.69, 9.17) is 0 Å². The Hall–Kier alpha value is -1.68. The number of hydrogen-bond donors (Lipinski definition) is 1. The maximum absolute atomic E-state index is 4.29. The van der Waals surface area contributed by atoms with Crippen molar-refractivity contribution in [2.45, 2.75) is 25.8 Å². The summed E-state index contributed by atoms with van der Waals surface area (Å²) in [4.78, 5) is 2.37. The largest absolute Gasteiger partial charge is 0.364 e. The van der Waals surface area contributed by atoms with Gasteiger partial charge in [-0.05, 0) is 38.9 Å². The van der Waals surface area contributed by atoms with Gasteiger partial charge in [0, 0.05) is 23.4 Å². The third-order valence-corrected chi connectivity index (χ3v) is 3.89. The first-order valence-electron chi connectivity index (χ1n) is 6.90. The highest BCUT2D eigenvalue weighted by molar-refractivity contribution is 5.93. The average molecular weight is 256 g/mol. The molecule has 0 spiro atoms. The maximum atomic E-state index is 4.29. The Balaban J connectivity index is 1.90. The second-order valence-corrected chi connectivity index (χ2v) is 5.48. The fourth-order valence-corrected chi connectivity index (χ4v) is 2.84. The van der Waals surface area contributed by atoms with Gasteiger partial charge in [-0.2, -0.15) is 5.10 Å². The highest BCUT2D eigenvalue weighted by Crippen LogP contribution is 2.24. The first-order valence-corrected chi connectivity index (χ1v) is 6.90. The van der Waals surface area contributed by atoms with E-state index in [-0.39, 0.29) is 0 Å². The molecule has 1 atom stereocenters. The fraction of sp³-hybridized carbons (Fsp3) is 0.467. The van der Waals surface area contributed by atoms with Crippen molar-refractivity contribution in [1.29, 1.82) is 0 Å². The molecule has 0 radical (unpaired) electrons. The molecular formula is C15H20N4. The molecule has 100 valence electrons. The van der Waals surface area contributed by atoms with E-state index in [0.717, 1.165) is 12.4 Å².